The molecule has 0 saturated carbocycles. The van der Waals surface area contributed by atoms with Gasteiger partial charge in [-0.1, -0.05) is 34.1 Å². The molecule has 90 valence electrons. The summed E-state index contributed by atoms with van der Waals surface area (Å²) >= 11 is 3.34. The van der Waals surface area contributed by atoms with Gasteiger partial charge < -0.3 is 5.11 Å². The van der Waals surface area contributed by atoms with Crippen LogP contribution in [0, 0.1) is 0 Å². The van der Waals surface area contributed by atoms with Gasteiger partial charge in [0, 0.05) is 10.7 Å². The molecule has 0 aliphatic heterocycles. The van der Waals surface area contributed by atoms with Crippen molar-refractivity contribution in [2.75, 3.05) is 0 Å². The van der Waals surface area contributed by atoms with Gasteiger partial charge in [-0.25, -0.2) is 4.79 Å². The number of carboxylic acids is 1. The average molecular weight is 304 g/mol. The molecule has 0 atom stereocenters. The smallest absolute Gasteiger partial charge is 0.337 e. The summed E-state index contributed by atoms with van der Waals surface area (Å²) in [5, 5.41) is 9.23. The summed E-state index contributed by atoms with van der Waals surface area (Å²) in [5.74, 6) is -0.989. The molecule has 1 aromatic carbocycles. The molecule has 0 aliphatic carbocycles. The molecule has 4 heteroatoms. The van der Waals surface area contributed by atoms with E-state index in [9.17, 15) is 9.90 Å². The van der Waals surface area contributed by atoms with Crippen molar-refractivity contribution < 1.29 is 9.90 Å². The first kappa shape index (κ1) is 12.5. The van der Waals surface area contributed by atoms with Crippen LogP contribution in [-0.2, 0) is 4.79 Å². The second kappa shape index (κ2) is 5.60. The molecule has 0 aliphatic rings. The van der Waals surface area contributed by atoms with Crippen LogP contribution < -0.4 is 0 Å². The van der Waals surface area contributed by atoms with Gasteiger partial charge in [-0.3, -0.25) is 4.98 Å². The molecule has 2 aromatic rings. The topological polar surface area (TPSA) is 50.2 Å². The Morgan fingerprint density at radius 3 is 2.44 bits per heavy atom. The first-order valence-corrected chi connectivity index (χ1v) is 6.08. The van der Waals surface area contributed by atoms with Crippen LogP contribution in [0.1, 0.15) is 11.3 Å². The van der Waals surface area contributed by atoms with Crippen LogP contribution >= 0.6 is 15.9 Å². The van der Waals surface area contributed by atoms with Crippen molar-refractivity contribution in [3.8, 4) is 0 Å². The molecule has 0 radical (unpaired) electrons. The van der Waals surface area contributed by atoms with Crippen LogP contribution in [0.25, 0.3) is 11.6 Å². The molecule has 0 fully saturated rings. The number of hydrogen-bond donors (Lipinski definition) is 1. The van der Waals surface area contributed by atoms with Crippen molar-refractivity contribution >= 4 is 33.5 Å². The number of carboxylic acid groups (broad SMARTS) is 1. The summed E-state index contributed by atoms with van der Waals surface area (Å²) in [6.07, 6.45) is 3.19. The lowest BCUT2D eigenvalue weighted by Gasteiger charge is -2.02. The van der Waals surface area contributed by atoms with E-state index in [0.29, 0.717) is 5.69 Å². The third-order valence-electron chi connectivity index (χ3n) is 2.35. The summed E-state index contributed by atoms with van der Waals surface area (Å²) in [4.78, 5) is 15.3. The Balaban J connectivity index is 2.43. The van der Waals surface area contributed by atoms with E-state index in [1.54, 1.807) is 30.5 Å². The maximum absolute atomic E-state index is 11.3. The Kier molecular flexibility index (Phi) is 3.89. The SMILES string of the molecule is O=C(O)/C(=C/c1ccc(Br)cc1)c1ccccn1. The van der Waals surface area contributed by atoms with Gasteiger partial charge in [0.1, 0.15) is 0 Å². The monoisotopic (exact) mass is 303 g/mol. The average Bonchev–Trinajstić information content (AvgIpc) is 2.38. The van der Waals surface area contributed by atoms with Crippen LogP contribution in [0.15, 0.2) is 53.1 Å². The van der Waals surface area contributed by atoms with Gasteiger partial charge in [-0.2, -0.15) is 0 Å². The van der Waals surface area contributed by atoms with Crippen molar-refractivity contribution in [3.63, 3.8) is 0 Å². The number of carbonyl (C=O) groups is 1. The fourth-order valence-electron chi connectivity index (χ4n) is 1.49. The number of rotatable bonds is 3. The molecular formula is C14H10BrNO2. The highest BCUT2D eigenvalue weighted by atomic mass is 79.9. The Hall–Kier alpha value is -1.94. The van der Waals surface area contributed by atoms with E-state index in [1.165, 1.54) is 0 Å². The van der Waals surface area contributed by atoms with E-state index in [1.807, 2.05) is 24.3 Å². The fraction of sp³-hybridized carbons (Fsp3) is 0. The summed E-state index contributed by atoms with van der Waals surface area (Å²) in [5.41, 5.74) is 1.45. The third kappa shape index (κ3) is 3.05. The molecule has 0 saturated heterocycles. The molecule has 2 rings (SSSR count). The van der Waals surface area contributed by atoms with E-state index >= 15 is 0 Å². The molecule has 18 heavy (non-hydrogen) atoms. The van der Waals surface area contributed by atoms with Crippen molar-refractivity contribution in [1.29, 1.82) is 0 Å². The number of benzene rings is 1. The van der Waals surface area contributed by atoms with Crippen molar-refractivity contribution in [3.05, 3.63) is 64.4 Å². The molecule has 1 N–H and O–H groups in total. The number of pyridine rings is 1. The van der Waals surface area contributed by atoms with Crippen LogP contribution in [0.4, 0.5) is 0 Å². The van der Waals surface area contributed by atoms with E-state index < -0.39 is 5.97 Å². The Labute approximate surface area is 113 Å². The van der Waals surface area contributed by atoms with Crippen molar-refractivity contribution in [2.45, 2.75) is 0 Å². The van der Waals surface area contributed by atoms with Gasteiger partial charge in [0.15, 0.2) is 0 Å². The highest BCUT2D eigenvalue weighted by Crippen LogP contribution is 2.18. The molecule has 0 unspecified atom stereocenters. The van der Waals surface area contributed by atoms with Gasteiger partial charge >= 0.3 is 5.97 Å². The minimum atomic E-state index is -0.989. The summed E-state index contributed by atoms with van der Waals surface area (Å²) in [6.45, 7) is 0. The van der Waals surface area contributed by atoms with Crippen LogP contribution in [-0.4, -0.2) is 16.1 Å². The lowest BCUT2D eigenvalue weighted by atomic mass is 10.1. The highest BCUT2D eigenvalue weighted by molar-refractivity contribution is 9.10. The lowest BCUT2D eigenvalue weighted by molar-refractivity contribution is -0.130. The van der Waals surface area contributed by atoms with Crippen LogP contribution in [0.3, 0.4) is 0 Å². The van der Waals surface area contributed by atoms with E-state index in [-0.39, 0.29) is 5.57 Å². The maximum atomic E-state index is 11.3. The van der Waals surface area contributed by atoms with Gasteiger partial charge in [-0.15, -0.1) is 0 Å². The first-order chi connectivity index (χ1) is 8.66. The second-order valence-electron chi connectivity index (χ2n) is 3.63. The quantitative estimate of drug-likeness (QED) is 0.883. The molecule has 0 amide bonds. The van der Waals surface area contributed by atoms with Gasteiger partial charge in [0.25, 0.3) is 0 Å². The van der Waals surface area contributed by atoms with E-state index in [2.05, 4.69) is 20.9 Å². The van der Waals surface area contributed by atoms with Crippen molar-refractivity contribution in [1.82, 2.24) is 4.98 Å². The number of nitrogens with zero attached hydrogens (tertiary/aromatic N) is 1. The largest absolute Gasteiger partial charge is 0.478 e. The standard InChI is InChI=1S/C14H10BrNO2/c15-11-6-4-10(5-7-11)9-12(14(17)18)13-3-1-2-8-16-13/h1-9H,(H,17,18)/b12-9+. The van der Waals surface area contributed by atoms with E-state index in [4.69, 9.17) is 0 Å². The summed E-state index contributed by atoms with van der Waals surface area (Å²) < 4.78 is 0.953. The predicted molar refractivity (Wildman–Crippen MR) is 73.9 cm³/mol. The molecule has 1 aromatic heterocycles. The fourth-order valence-corrected chi connectivity index (χ4v) is 1.76. The predicted octanol–water partition coefficient (Wildman–Crippen LogP) is 3.47. The highest BCUT2D eigenvalue weighted by Gasteiger charge is 2.11. The Morgan fingerprint density at radius 2 is 1.89 bits per heavy atom. The number of halogens is 1. The molecular weight excluding hydrogens is 294 g/mol. The minimum absolute atomic E-state index is 0.179. The lowest BCUT2D eigenvalue weighted by Crippen LogP contribution is -2.01. The van der Waals surface area contributed by atoms with Crippen LogP contribution in [0.5, 0.6) is 0 Å². The summed E-state index contributed by atoms with van der Waals surface area (Å²) in [7, 11) is 0. The Morgan fingerprint density at radius 1 is 1.17 bits per heavy atom. The minimum Gasteiger partial charge on any atom is -0.478 e. The molecule has 0 bridgehead atoms. The van der Waals surface area contributed by atoms with Gasteiger partial charge in [0.2, 0.25) is 0 Å². The maximum Gasteiger partial charge on any atom is 0.337 e. The third-order valence-corrected chi connectivity index (χ3v) is 2.88. The molecule has 0 spiro atoms. The number of hydrogen-bond acceptors (Lipinski definition) is 2. The molecule has 1 heterocycles. The zero-order valence-corrected chi connectivity index (χ0v) is 11.0. The van der Waals surface area contributed by atoms with Gasteiger partial charge in [-0.05, 0) is 35.9 Å². The van der Waals surface area contributed by atoms with E-state index in [0.717, 1.165) is 10.0 Å². The first-order valence-electron chi connectivity index (χ1n) is 5.29. The Bertz CT molecular complexity index is 577. The van der Waals surface area contributed by atoms with Gasteiger partial charge in [0.05, 0.1) is 11.3 Å². The number of aromatic nitrogens is 1. The second-order valence-corrected chi connectivity index (χ2v) is 4.55. The zero-order chi connectivity index (χ0) is 13.0. The van der Waals surface area contributed by atoms with Crippen molar-refractivity contribution in [2.24, 2.45) is 0 Å². The summed E-state index contributed by atoms with van der Waals surface area (Å²) in [6, 6.07) is 12.6. The normalized spacial score (nSPS) is 11.3. The zero-order valence-electron chi connectivity index (χ0n) is 9.38. The number of aliphatic carboxylic acids is 1. The molecule has 3 nitrogen and oxygen atoms in total. The van der Waals surface area contributed by atoms with Crippen LogP contribution in [0.2, 0.25) is 0 Å².